The quantitative estimate of drug-likeness (QED) is 0.576. The van der Waals surface area contributed by atoms with Gasteiger partial charge < -0.3 is 9.88 Å². The van der Waals surface area contributed by atoms with Gasteiger partial charge in [0.1, 0.15) is 5.82 Å². The number of carbonyl (C=O) groups is 1. The summed E-state index contributed by atoms with van der Waals surface area (Å²) in [4.78, 5) is 16.9. The standard InChI is InChI=1S/C22H26ClN3O/c1-16(2)15-26-20-7-4-3-6-19(20)25-21(26)8-5-13-24-22(27)14-17-9-11-18(23)12-10-17/h3-4,6-7,9-12,16H,5,8,13-15H2,1-2H3,(H,24,27). The first kappa shape index (κ1) is 19.4. The van der Waals surface area contributed by atoms with Gasteiger partial charge >= 0.3 is 0 Å². The topological polar surface area (TPSA) is 46.9 Å². The fourth-order valence-electron chi connectivity index (χ4n) is 3.21. The third-order valence-corrected chi connectivity index (χ3v) is 4.71. The zero-order valence-corrected chi connectivity index (χ0v) is 16.7. The highest BCUT2D eigenvalue weighted by atomic mass is 35.5. The second-order valence-corrected chi connectivity index (χ2v) is 7.71. The number of rotatable bonds is 8. The van der Waals surface area contributed by atoms with Crippen molar-refractivity contribution in [3.8, 4) is 0 Å². The first-order valence-corrected chi connectivity index (χ1v) is 9.86. The number of aromatic nitrogens is 2. The van der Waals surface area contributed by atoms with E-state index in [2.05, 4.69) is 41.9 Å². The number of aryl methyl sites for hydroxylation is 1. The lowest BCUT2D eigenvalue weighted by atomic mass is 10.1. The van der Waals surface area contributed by atoms with Gasteiger partial charge in [-0.2, -0.15) is 0 Å². The summed E-state index contributed by atoms with van der Waals surface area (Å²) in [5.74, 6) is 1.69. The predicted octanol–water partition coefficient (Wildman–Crippen LogP) is 4.64. The number of amides is 1. The number of carbonyl (C=O) groups excluding carboxylic acids is 1. The van der Waals surface area contributed by atoms with Gasteiger partial charge in [-0.1, -0.05) is 49.7 Å². The van der Waals surface area contributed by atoms with E-state index in [1.165, 1.54) is 5.52 Å². The molecule has 0 spiro atoms. The van der Waals surface area contributed by atoms with Gasteiger partial charge in [0.25, 0.3) is 0 Å². The molecule has 0 atom stereocenters. The lowest BCUT2D eigenvalue weighted by molar-refractivity contribution is -0.120. The minimum atomic E-state index is 0.0352. The highest BCUT2D eigenvalue weighted by Gasteiger charge is 2.11. The molecule has 0 saturated heterocycles. The fourth-order valence-corrected chi connectivity index (χ4v) is 3.34. The van der Waals surface area contributed by atoms with Crippen LogP contribution in [0.15, 0.2) is 48.5 Å². The SMILES string of the molecule is CC(C)Cn1c(CCCNC(=O)Cc2ccc(Cl)cc2)nc2ccccc21. The maximum absolute atomic E-state index is 12.1. The van der Waals surface area contributed by atoms with Crippen LogP contribution in [0.2, 0.25) is 5.02 Å². The summed E-state index contributed by atoms with van der Waals surface area (Å²) < 4.78 is 2.32. The molecule has 0 bridgehead atoms. The van der Waals surface area contributed by atoms with Gasteiger partial charge in [0, 0.05) is 24.5 Å². The first-order valence-electron chi connectivity index (χ1n) is 9.48. The van der Waals surface area contributed by atoms with Crippen LogP contribution in [0.1, 0.15) is 31.7 Å². The molecule has 0 radical (unpaired) electrons. The molecule has 142 valence electrons. The van der Waals surface area contributed by atoms with E-state index in [4.69, 9.17) is 16.6 Å². The molecular formula is C22H26ClN3O. The van der Waals surface area contributed by atoms with Crippen LogP contribution in [0, 0.1) is 5.92 Å². The van der Waals surface area contributed by atoms with Gasteiger partial charge in [0.2, 0.25) is 5.91 Å². The number of nitrogens with zero attached hydrogens (tertiary/aromatic N) is 2. The lowest BCUT2D eigenvalue weighted by Gasteiger charge is -2.12. The first-order chi connectivity index (χ1) is 13.0. The van der Waals surface area contributed by atoms with E-state index >= 15 is 0 Å². The van der Waals surface area contributed by atoms with E-state index in [0.29, 0.717) is 23.9 Å². The molecule has 4 nitrogen and oxygen atoms in total. The maximum Gasteiger partial charge on any atom is 0.224 e. The Bertz CT molecular complexity index is 900. The van der Waals surface area contributed by atoms with Crippen molar-refractivity contribution < 1.29 is 4.79 Å². The minimum Gasteiger partial charge on any atom is -0.356 e. The van der Waals surface area contributed by atoms with Crippen molar-refractivity contribution in [1.82, 2.24) is 14.9 Å². The lowest BCUT2D eigenvalue weighted by Crippen LogP contribution is -2.26. The number of nitrogens with one attached hydrogen (secondary N) is 1. The average Bonchev–Trinajstić information content (AvgIpc) is 2.98. The van der Waals surface area contributed by atoms with Crippen molar-refractivity contribution >= 4 is 28.5 Å². The molecule has 2 aromatic carbocycles. The molecular weight excluding hydrogens is 358 g/mol. The Hall–Kier alpha value is -2.33. The monoisotopic (exact) mass is 383 g/mol. The number of para-hydroxylation sites is 2. The number of halogens is 1. The summed E-state index contributed by atoms with van der Waals surface area (Å²) in [6.45, 7) is 6.04. The maximum atomic E-state index is 12.1. The molecule has 3 rings (SSSR count). The summed E-state index contributed by atoms with van der Waals surface area (Å²) in [5, 5.41) is 3.68. The number of hydrogen-bond acceptors (Lipinski definition) is 2. The Morgan fingerprint density at radius 1 is 1.15 bits per heavy atom. The van der Waals surface area contributed by atoms with Crippen molar-refractivity contribution in [2.75, 3.05) is 6.54 Å². The van der Waals surface area contributed by atoms with Crippen molar-refractivity contribution in [2.45, 2.75) is 39.7 Å². The number of hydrogen-bond donors (Lipinski definition) is 1. The number of benzene rings is 2. The van der Waals surface area contributed by atoms with Crippen LogP contribution >= 0.6 is 11.6 Å². The van der Waals surface area contributed by atoms with Crippen LogP contribution in [0.25, 0.3) is 11.0 Å². The van der Waals surface area contributed by atoms with Crippen LogP contribution in [0.3, 0.4) is 0 Å². The highest BCUT2D eigenvalue weighted by molar-refractivity contribution is 6.30. The van der Waals surface area contributed by atoms with Gasteiger partial charge in [0.05, 0.1) is 17.5 Å². The third kappa shape index (κ3) is 5.33. The van der Waals surface area contributed by atoms with E-state index in [9.17, 15) is 4.79 Å². The van der Waals surface area contributed by atoms with Gasteiger partial charge in [-0.15, -0.1) is 0 Å². The largest absolute Gasteiger partial charge is 0.356 e. The molecule has 3 aromatic rings. The normalized spacial score (nSPS) is 11.3. The minimum absolute atomic E-state index is 0.0352. The second-order valence-electron chi connectivity index (χ2n) is 7.28. The summed E-state index contributed by atoms with van der Waals surface area (Å²) in [6.07, 6.45) is 2.10. The van der Waals surface area contributed by atoms with E-state index in [1.807, 2.05) is 30.3 Å². The molecule has 1 aromatic heterocycles. The summed E-state index contributed by atoms with van der Waals surface area (Å²) in [7, 11) is 0. The third-order valence-electron chi connectivity index (χ3n) is 4.46. The molecule has 1 heterocycles. The van der Waals surface area contributed by atoms with Crippen LogP contribution in [-0.4, -0.2) is 22.0 Å². The molecule has 0 saturated carbocycles. The zero-order valence-electron chi connectivity index (χ0n) is 15.9. The molecule has 5 heteroatoms. The van der Waals surface area contributed by atoms with Gasteiger partial charge in [0.15, 0.2) is 0 Å². The Labute approximate surface area is 165 Å². The predicted molar refractivity (Wildman–Crippen MR) is 111 cm³/mol. The van der Waals surface area contributed by atoms with Gasteiger partial charge in [-0.25, -0.2) is 4.98 Å². The average molecular weight is 384 g/mol. The van der Waals surface area contributed by atoms with Crippen molar-refractivity contribution in [3.05, 3.63) is 64.9 Å². The summed E-state index contributed by atoms with van der Waals surface area (Å²) in [5.41, 5.74) is 3.20. The molecule has 0 aliphatic rings. The number of fused-ring (bicyclic) bond motifs is 1. The van der Waals surface area contributed by atoms with E-state index < -0.39 is 0 Å². The number of imidazole rings is 1. The molecule has 0 aliphatic heterocycles. The summed E-state index contributed by atoms with van der Waals surface area (Å²) >= 11 is 5.87. The van der Waals surface area contributed by atoms with Crippen LogP contribution < -0.4 is 5.32 Å². The van der Waals surface area contributed by atoms with Crippen molar-refractivity contribution in [2.24, 2.45) is 5.92 Å². The smallest absolute Gasteiger partial charge is 0.224 e. The van der Waals surface area contributed by atoms with E-state index in [0.717, 1.165) is 36.3 Å². The van der Waals surface area contributed by atoms with Crippen LogP contribution in [0.4, 0.5) is 0 Å². The van der Waals surface area contributed by atoms with Gasteiger partial charge in [-0.3, -0.25) is 4.79 Å². The highest BCUT2D eigenvalue weighted by Crippen LogP contribution is 2.18. The molecule has 1 N–H and O–H groups in total. The zero-order chi connectivity index (χ0) is 19.2. The van der Waals surface area contributed by atoms with Crippen molar-refractivity contribution in [1.29, 1.82) is 0 Å². The van der Waals surface area contributed by atoms with E-state index in [1.54, 1.807) is 0 Å². The summed E-state index contributed by atoms with van der Waals surface area (Å²) in [6, 6.07) is 15.7. The van der Waals surface area contributed by atoms with E-state index in [-0.39, 0.29) is 5.91 Å². The Balaban J connectivity index is 1.54. The Kier molecular flexibility index (Phi) is 6.51. The Morgan fingerprint density at radius 2 is 1.89 bits per heavy atom. The van der Waals surface area contributed by atoms with Crippen LogP contribution in [0.5, 0.6) is 0 Å². The second kappa shape index (κ2) is 9.05. The molecule has 27 heavy (non-hydrogen) atoms. The molecule has 1 amide bonds. The van der Waals surface area contributed by atoms with Crippen LogP contribution in [-0.2, 0) is 24.2 Å². The molecule has 0 fully saturated rings. The molecule has 0 aliphatic carbocycles. The van der Waals surface area contributed by atoms with Crippen molar-refractivity contribution in [3.63, 3.8) is 0 Å². The Morgan fingerprint density at radius 3 is 2.63 bits per heavy atom. The van der Waals surface area contributed by atoms with Gasteiger partial charge in [-0.05, 0) is 42.2 Å². The fraction of sp³-hybridized carbons (Fsp3) is 0.364. The molecule has 0 unspecified atom stereocenters.